The summed E-state index contributed by atoms with van der Waals surface area (Å²) in [7, 11) is -4.04. The van der Waals surface area contributed by atoms with E-state index in [9.17, 15) is 21.9 Å². The second kappa shape index (κ2) is 5.70. The zero-order chi connectivity index (χ0) is 13.8. The summed E-state index contributed by atoms with van der Waals surface area (Å²) in [4.78, 5) is 0. The lowest BCUT2D eigenvalue weighted by Crippen LogP contribution is -2.35. The van der Waals surface area contributed by atoms with E-state index in [1.807, 2.05) is 11.5 Å². The summed E-state index contributed by atoms with van der Waals surface area (Å²) in [6, 6.07) is 0. The fourth-order valence-corrected chi connectivity index (χ4v) is 2.13. The Morgan fingerprint density at radius 1 is 1.50 bits per heavy atom. The van der Waals surface area contributed by atoms with Crippen LogP contribution in [0.15, 0.2) is 23.1 Å². The van der Waals surface area contributed by atoms with E-state index in [4.69, 9.17) is 0 Å². The molecule has 0 fully saturated rings. The second-order valence-electron chi connectivity index (χ2n) is 3.67. The largest absolute Gasteiger partial charge is 0.764 e. The molecule has 0 radical (unpaired) electrons. The first kappa shape index (κ1) is 15.0. The van der Waals surface area contributed by atoms with Gasteiger partial charge in [-0.05, 0) is 16.9 Å². The first-order valence-corrected chi connectivity index (χ1v) is 6.86. The van der Waals surface area contributed by atoms with Crippen molar-refractivity contribution in [3.63, 3.8) is 0 Å². The molecule has 104 valence electrons. The smallest absolute Gasteiger partial charge is 0.408 e. The monoisotopic (exact) mass is 285 g/mol. The second-order valence-corrected chi connectivity index (χ2v) is 5.50. The van der Waals surface area contributed by atoms with E-state index in [1.165, 1.54) is 0 Å². The number of hydrogen-bond acceptors (Lipinski definition) is 3. The molecule has 0 saturated carbocycles. The molecule has 5 nitrogen and oxygen atoms in total. The Labute approximate surface area is 103 Å². The highest BCUT2D eigenvalue weighted by Crippen LogP contribution is 2.15. The van der Waals surface area contributed by atoms with Gasteiger partial charge in [0.05, 0.1) is 12.3 Å². The van der Waals surface area contributed by atoms with E-state index in [2.05, 4.69) is 4.36 Å². The molecule has 1 heterocycles. The van der Waals surface area contributed by atoms with Crippen molar-refractivity contribution in [2.75, 3.05) is 12.3 Å². The summed E-state index contributed by atoms with van der Waals surface area (Å²) in [6.45, 7) is 1.07. The van der Waals surface area contributed by atoms with Gasteiger partial charge in [0, 0.05) is 0 Å². The highest BCUT2D eigenvalue weighted by Gasteiger charge is 2.26. The van der Waals surface area contributed by atoms with Gasteiger partial charge in [0.25, 0.3) is 0 Å². The number of nitrogens with zero attached hydrogens (tertiary/aromatic N) is 3. The lowest BCUT2D eigenvalue weighted by atomic mass is 10.7. The summed E-state index contributed by atoms with van der Waals surface area (Å²) < 4.78 is 64.1. The van der Waals surface area contributed by atoms with E-state index < -0.39 is 28.5 Å². The predicted octanol–water partition coefficient (Wildman–Crippen LogP) is 0.956. The van der Waals surface area contributed by atoms with Gasteiger partial charge in [0.1, 0.15) is 25.5 Å². The molecule has 0 spiro atoms. The van der Waals surface area contributed by atoms with Gasteiger partial charge in [-0.2, -0.15) is 13.2 Å². The van der Waals surface area contributed by atoms with E-state index in [0.717, 1.165) is 6.54 Å². The lowest BCUT2D eigenvalue weighted by Gasteiger charge is -2.13. The molecule has 0 bridgehead atoms. The van der Waals surface area contributed by atoms with Gasteiger partial charge in [-0.15, -0.1) is 0 Å². The van der Waals surface area contributed by atoms with Gasteiger partial charge in [-0.1, -0.05) is 0 Å². The van der Waals surface area contributed by atoms with Crippen molar-refractivity contribution in [3.8, 4) is 0 Å². The Balaban J connectivity index is 2.58. The molecule has 1 aromatic rings. The highest BCUT2D eigenvalue weighted by molar-refractivity contribution is 7.87. The van der Waals surface area contributed by atoms with Crippen LogP contribution in [0.3, 0.4) is 0 Å². The molecule has 0 saturated heterocycles. The third-order valence-electron chi connectivity index (χ3n) is 2.16. The maximum Gasteiger partial charge on any atom is 0.408 e. The highest BCUT2D eigenvalue weighted by atomic mass is 32.2. The molecule has 18 heavy (non-hydrogen) atoms. The Kier molecular flexibility index (Phi) is 4.74. The third kappa shape index (κ3) is 5.50. The van der Waals surface area contributed by atoms with Crippen LogP contribution < -0.4 is 4.57 Å². The number of rotatable bonds is 5. The fraction of sp³-hybridized carbons (Fsp3) is 0.667. The SMILES string of the molecule is CCn1cc[n+](CCS(=O)([O-])=NCC(F)(F)F)c1. The molecule has 0 aromatic carbocycles. The van der Waals surface area contributed by atoms with Crippen LogP contribution in [-0.2, 0) is 23.1 Å². The van der Waals surface area contributed by atoms with Gasteiger partial charge in [-0.25, -0.2) is 13.5 Å². The molecule has 1 rings (SSSR count). The maximum atomic E-state index is 11.8. The van der Waals surface area contributed by atoms with Crippen molar-refractivity contribution < 1.29 is 26.5 Å². The number of aryl methyl sites for hydroxylation is 2. The Morgan fingerprint density at radius 3 is 2.67 bits per heavy atom. The minimum Gasteiger partial charge on any atom is -0.764 e. The Morgan fingerprint density at radius 2 is 2.17 bits per heavy atom. The summed E-state index contributed by atoms with van der Waals surface area (Å²) in [5, 5.41) is 0. The molecule has 1 atom stereocenters. The zero-order valence-electron chi connectivity index (χ0n) is 9.76. The number of halogens is 3. The molecule has 0 aliphatic carbocycles. The van der Waals surface area contributed by atoms with Crippen molar-refractivity contribution in [1.82, 2.24) is 4.57 Å². The van der Waals surface area contributed by atoms with Crippen LogP contribution in [0.1, 0.15) is 6.92 Å². The Bertz CT molecular complexity index is 503. The van der Waals surface area contributed by atoms with Crippen LogP contribution in [-0.4, -0.2) is 31.8 Å². The number of hydrogen-bond donors (Lipinski definition) is 0. The van der Waals surface area contributed by atoms with Crippen LogP contribution in [0.4, 0.5) is 13.2 Å². The molecule has 1 unspecified atom stereocenters. The lowest BCUT2D eigenvalue weighted by molar-refractivity contribution is -0.692. The molecule has 0 aliphatic heterocycles. The molecular weight excluding hydrogens is 271 g/mol. The molecule has 9 heteroatoms. The average Bonchev–Trinajstić information content (AvgIpc) is 2.71. The maximum absolute atomic E-state index is 11.8. The Hall–Kier alpha value is -1.09. The fourth-order valence-electron chi connectivity index (χ4n) is 1.21. The van der Waals surface area contributed by atoms with Crippen molar-refractivity contribution >= 4 is 10.0 Å². The molecule has 1 aromatic heterocycles. The van der Waals surface area contributed by atoms with E-state index in [1.54, 1.807) is 23.3 Å². The minimum absolute atomic E-state index is 0.0801. The summed E-state index contributed by atoms with van der Waals surface area (Å²) >= 11 is 0. The number of aromatic nitrogens is 2. The minimum atomic E-state index is -4.59. The average molecular weight is 285 g/mol. The van der Waals surface area contributed by atoms with Gasteiger partial charge in [0.15, 0.2) is 0 Å². The number of alkyl halides is 3. The van der Waals surface area contributed by atoms with Crippen molar-refractivity contribution in [1.29, 1.82) is 0 Å². The van der Waals surface area contributed by atoms with E-state index >= 15 is 0 Å². The summed E-state index contributed by atoms with van der Waals surface area (Å²) in [6.07, 6.45) is 0.493. The predicted molar refractivity (Wildman–Crippen MR) is 57.4 cm³/mol. The molecular formula is C9H14F3N3O2S. The van der Waals surface area contributed by atoms with Crippen LogP contribution >= 0.6 is 0 Å². The van der Waals surface area contributed by atoms with E-state index in [0.29, 0.717) is 0 Å². The first-order valence-electron chi connectivity index (χ1n) is 5.25. The summed E-state index contributed by atoms with van der Waals surface area (Å²) in [5.74, 6) is -0.443. The normalized spacial score (nSPS) is 15.4. The van der Waals surface area contributed by atoms with Crippen LogP contribution in [0.2, 0.25) is 0 Å². The molecule has 0 amide bonds. The van der Waals surface area contributed by atoms with Gasteiger partial charge in [-0.3, -0.25) is 4.21 Å². The van der Waals surface area contributed by atoms with Crippen LogP contribution in [0.5, 0.6) is 0 Å². The van der Waals surface area contributed by atoms with Gasteiger partial charge in [0.2, 0.25) is 6.33 Å². The van der Waals surface area contributed by atoms with Crippen molar-refractivity contribution in [3.05, 3.63) is 18.7 Å². The number of imidazole rings is 1. The van der Waals surface area contributed by atoms with Crippen molar-refractivity contribution in [2.45, 2.75) is 26.2 Å². The van der Waals surface area contributed by atoms with Crippen LogP contribution in [0.25, 0.3) is 0 Å². The topological polar surface area (TPSA) is 61.3 Å². The standard InChI is InChI=1S/C9H14F3N3O2S/c1-2-14-3-4-15(8-14)5-6-18(16,17)13-7-9(10,11)12/h3-4,8H,2,5-7H2,1H3. The van der Waals surface area contributed by atoms with Gasteiger partial charge >= 0.3 is 6.18 Å². The van der Waals surface area contributed by atoms with E-state index in [-0.39, 0.29) is 6.54 Å². The quantitative estimate of drug-likeness (QED) is 0.756. The summed E-state index contributed by atoms with van der Waals surface area (Å²) in [5.41, 5.74) is 0. The van der Waals surface area contributed by atoms with Gasteiger partial charge < -0.3 is 4.55 Å². The molecule has 0 aliphatic rings. The zero-order valence-corrected chi connectivity index (χ0v) is 10.6. The third-order valence-corrected chi connectivity index (χ3v) is 3.38. The van der Waals surface area contributed by atoms with Crippen LogP contribution in [0, 0.1) is 0 Å². The van der Waals surface area contributed by atoms with Crippen molar-refractivity contribution in [2.24, 2.45) is 4.36 Å². The molecule has 0 N–H and O–H groups in total. The first-order chi connectivity index (χ1) is 8.22.